The van der Waals surface area contributed by atoms with Gasteiger partial charge in [-0.05, 0) is 104 Å². The molecule has 0 aromatic heterocycles. The molecule has 4 aliphatic rings. The van der Waals surface area contributed by atoms with Crippen LogP contribution in [0.5, 0.6) is 5.75 Å². The third-order valence-electron chi connectivity index (χ3n) is 9.57. The van der Waals surface area contributed by atoms with Gasteiger partial charge >= 0.3 is 5.97 Å². The maximum atomic E-state index is 12.0. The zero-order chi connectivity index (χ0) is 23.7. The molecule has 4 aliphatic carbocycles. The largest absolute Gasteiger partial charge is 0.508 e. The van der Waals surface area contributed by atoms with E-state index in [-0.39, 0.29) is 17.5 Å². The zero-order valence-corrected chi connectivity index (χ0v) is 20.5. The van der Waals surface area contributed by atoms with Crippen LogP contribution in [0.15, 0.2) is 42.0 Å². The van der Waals surface area contributed by atoms with Crippen LogP contribution in [-0.2, 0) is 16.0 Å². The molecule has 0 heterocycles. The van der Waals surface area contributed by atoms with Crippen molar-refractivity contribution in [2.75, 3.05) is 6.61 Å². The molecule has 0 aliphatic heterocycles. The minimum Gasteiger partial charge on any atom is -0.508 e. The fourth-order valence-electron chi connectivity index (χ4n) is 7.75. The van der Waals surface area contributed by atoms with Gasteiger partial charge in [0.25, 0.3) is 0 Å². The Kier molecular flexibility index (Phi) is 6.88. The monoisotopic (exact) mass is 464 g/mol. The normalized spacial score (nSPS) is 33.7. The Morgan fingerprint density at radius 2 is 2.00 bits per heavy atom. The highest BCUT2D eigenvalue weighted by Gasteiger charge is 2.56. The standard InChI is InChI=1S/C30H40O4/c1-30-16-15-25-24-12-11-23(31)19-22(24)18-21(28(25)26(30)13-14-27(30)32)10-4-2-3-7-17-34-29(33)20-8-5-6-9-20/h5-6,8,11-12,19,21,25-28,31-32H,2-4,7,9-10,13-18H2,1H3/t21-,25?,26?,27+,28?,30+/m1/s1. The Morgan fingerprint density at radius 1 is 1.15 bits per heavy atom. The van der Waals surface area contributed by atoms with Crippen LogP contribution in [0.3, 0.4) is 0 Å². The number of aliphatic hydroxyl groups excluding tert-OH is 1. The molecule has 34 heavy (non-hydrogen) atoms. The molecule has 184 valence electrons. The number of esters is 1. The first-order valence-electron chi connectivity index (χ1n) is 13.5. The molecule has 2 fully saturated rings. The summed E-state index contributed by atoms with van der Waals surface area (Å²) in [5.41, 5.74) is 3.63. The van der Waals surface area contributed by atoms with Gasteiger partial charge < -0.3 is 14.9 Å². The third kappa shape index (κ3) is 4.46. The van der Waals surface area contributed by atoms with E-state index in [9.17, 15) is 15.0 Å². The van der Waals surface area contributed by atoms with E-state index in [1.807, 2.05) is 30.4 Å². The molecule has 5 rings (SSSR count). The lowest BCUT2D eigenvalue weighted by molar-refractivity contribution is -0.139. The molecular weight excluding hydrogens is 424 g/mol. The van der Waals surface area contributed by atoms with Crippen molar-refractivity contribution >= 4 is 5.97 Å². The van der Waals surface area contributed by atoms with E-state index >= 15 is 0 Å². The van der Waals surface area contributed by atoms with Gasteiger partial charge in [0.05, 0.1) is 12.7 Å². The molecule has 2 N–H and O–H groups in total. The number of phenols is 1. The lowest BCUT2D eigenvalue weighted by Crippen LogP contribution is -2.47. The number of hydrogen-bond donors (Lipinski definition) is 2. The van der Waals surface area contributed by atoms with Gasteiger partial charge in [-0.1, -0.05) is 50.5 Å². The number of rotatable bonds is 8. The van der Waals surface area contributed by atoms with Crippen LogP contribution >= 0.6 is 0 Å². The number of carbonyl (C=O) groups excluding carboxylic acids is 1. The van der Waals surface area contributed by atoms with E-state index in [2.05, 4.69) is 13.0 Å². The maximum Gasteiger partial charge on any atom is 0.334 e. The molecule has 0 spiro atoms. The maximum absolute atomic E-state index is 12.0. The second kappa shape index (κ2) is 9.89. The number of ether oxygens (including phenoxy) is 1. The topological polar surface area (TPSA) is 66.8 Å². The van der Waals surface area contributed by atoms with Crippen molar-refractivity contribution in [1.82, 2.24) is 0 Å². The van der Waals surface area contributed by atoms with Gasteiger partial charge in [0.2, 0.25) is 0 Å². The summed E-state index contributed by atoms with van der Waals surface area (Å²) in [7, 11) is 0. The summed E-state index contributed by atoms with van der Waals surface area (Å²) in [6.07, 6.45) is 17.3. The average Bonchev–Trinajstić information content (AvgIpc) is 3.46. The van der Waals surface area contributed by atoms with Crippen molar-refractivity contribution in [3.05, 3.63) is 53.1 Å². The van der Waals surface area contributed by atoms with E-state index in [1.165, 1.54) is 24.0 Å². The van der Waals surface area contributed by atoms with E-state index in [4.69, 9.17) is 4.74 Å². The number of aliphatic hydroxyl groups is 1. The minimum absolute atomic E-state index is 0.0714. The Balaban J connectivity index is 1.17. The number of unbranched alkanes of at least 4 members (excludes halogenated alkanes) is 3. The molecule has 1 aromatic rings. The highest BCUT2D eigenvalue weighted by molar-refractivity contribution is 5.89. The number of allylic oxidation sites excluding steroid dienone is 3. The van der Waals surface area contributed by atoms with E-state index in [0.29, 0.717) is 42.4 Å². The highest BCUT2D eigenvalue weighted by Crippen LogP contribution is 2.62. The van der Waals surface area contributed by atoms with Gasteiger partial charge in [-0.15, -0.1) is 0 Å². The molecular formula is C30H40O4. The first-order valence-corrected chi connectivity index (χ1v) is 13.5. The summed E-state index contributed by atoms with van der Waals surface area (Å²) >= 11 is 0. The second-order valence-corrected chi connectivity index (χ2v) is 11.4. The average molecular weight is 465 g/mol. The van der Waals surface area contributed by atoms with E-state index in [0.717, 1.165) is 56.9 Å². The summed E-state index contributed by atoms with van der Waals surface area (Å²) in [5.74, 6) is 2.64. The first kappa shape index (κ1) is 23.7. The number of carbonyl (C=O) groups is 1. The molecule has 0 saturated heterocycles. The molecule has 1 aromatic carbocycles. The molecule has 0 bridgehead atoms. The van der Waals surface area contributed by atoms with Crippen molar-refractivity contribution in [3.63, 3.8) is 0 Å². The Morgan fingerprint density at radius 3 is 2.82 bits per heavy atom. The van der Waals surface area contributed by atoms with Gasteiger partial charge in [0.1, 0.15) is 5.75 Å². The zero-order valence-electron chi connectivity index (χ0n) is 20.5. The number of hydrogen-bond acceptors (Lipinski definition) is 4. The summed E-state index contributed by atoms with van der Waals surface area (Å²) < 4.78 is 5.42. The van der Waals surface area contributed by atoms with E-state index in [1.54, 1.807) is 0 Å². The van der Waals surface area contributed by atoms with Crippen LogP contribution in [0.1, 0.15) is 88.2 Å². The minimum atomic E-state index is -0.167. The van der Waals surface area contributed by atoms with Crippen molar-refractivity contribution < 1.29 is 19.7 Å². The number of fused-ring (bicyclic) bond motifs is 5. The van der Waals surface area contributed by atoms with Crippen molar-refractivity contribution in [2.24, 2.45) is 23.2 Å². The van der Waals surface area contributed by atoms with Crippen LogP contribution in [0.4, 0.5) is 0 Å². The first-order chi connectivity index (χ1) is 16.5. The number of benzene rings is 1. The SMILES string of the molecule is C[C@]12CCC3c4ccc(O)cc4C[C@@H](CCCCCCOC(=O)C4=CC=CC4)C3C1CC[C@@H]2O. The fraction of sp³-hybridized carbons (Fsp3) is 0.633. The summed E-state index contributed by atoms with van der Waals surface area (Å²) in [6.45, 7) is 2.85. The van der Waals surface area contributed by atoms with Crippen LogP contribution in [-0.4, -0.2) is 28.9 Å². The summed E-state index contributed by atoms with van der Waals surface area (Å²) in [4.78, 5) is 12.0. The molecule has 6 atom stereocenters. The van der Waals surface area contributed by atoms with Gasteiger partial charge in [0.15, 0.2) is 0 Å². The predicted octanol–water partition coefficient (Wildman–Crippen LogP) is 6.22. The summed E-state index contributed by atoms with van der Waals surface area (Å²) in [6, 6.07) is 6.03. The number of aromatic hydroxyl groups is 1. The van der Waals surface area contributed by atoms with Crippen LogP contribution < -0.4 is 0 Å². The van der Waals surface area contributed by atoms with Gasteiger partial charge in [-0.2, -0.15) is 0 Å². The quantitative estimate of drug-likeness (QED) is 0.354. The number of phenolic OH excluding ortho intramolecular Hbond substituents is 1. The van der Waals surface area contributed by atoms with Gasteiger partial charge in [-0.25, -0.2) is 4.79 Å². The molecule has 2 saturated carbocycles. The smallest absolute Gasteiger partial charge is 0.334 e. The van der Waals surface area contributed by atoms with Gasteiger partial charge in [-0.3, -0.25) is 0 Å². The Labute approximate surface area is 204 Å². The molecule has 4 nitrogen and oxygen atoms in total. The molecule has 0 radical (unpaired) electrons. The Bertz CT molecular complexity index is 963. The van der Waals surface area contributed by atoms with Crippen LogP contribution in [0.25, 0.3) is 0 Å². The molecule has 4 heteroatoms. The summed E-state index contributed by atoms with van der Waals surface area (Å²) in [5, 5.41) is 20.9. The van der Waals surface area contributed by atoms with E-state index < -0.39 is 0 Å². The lowest BCUT2D eigenvalue weighted by atomic mass is 9.52. The predicted molar refractivity (Wildman–Crippen MR) is 133 cm³/mol. The fourth-order valence-corrected chi connectivity index (χ4v) is 7.75. The van der Waals surface area contributed by atoms with Crippen molar-refractivity contribution in [3.8, 4) is 5.75 Å². The molecule has 0 amide bonds. The van der Waals surface area contributed by atoms with Crippen molar-refractivity contribution in [2.45, 2.75) is 89.6 Å². The van der Waals surface area contributed by atoms with Gasteiger partial charge in [0, 0.05) is 5.57 Å². The molecule has 3 unspecified atom stereocenters. The third-order valence-corrected chi connectivity index (χ3v) is 9.57. The Hall–Kier alpha value is -2.07. The van der Waals surface area contributed by atoms with Crippen molar-refractivity contribution in [1.29, 1.82) is 0 Å². The van der Waals surface area contributed by atoms with Crippen LogP contribution in [0, 0.1) is 23.2 Å². The highest BCUT2D eigenvalue weighted by atomic mass is 16.5. The lowest BCUT2D eigenvalue weighted by Gasteiger charge is -2.53. The second-order valence-electron chi connectivity index (χ2n) is 11.4. The van der Waals surface area contributed by atoms with Crippen LogP contribution in [0.2, 0.25) is 0 Å².